The van der Waals surface area contributed by atoms with Crippen LogP contribution in [-0.4, -0.2) is 23.7 Å². The van der Waals surface area contributed by atoms with Gasteiger partial charge in [0.25, 0.3) is 0 Å². The summed E-state index contributed by atoms with van der Waals surface area (Å²) in [5, 5.41) is 13.0. The molecule has 1 aromatic carbocycles. The number of aliphatic hydroxyl groups is 1. The van der Waals surface area contributed by atoms with Gasteiger partial charge in [0, 0.05) is 17.5 Å². The molecule has 0 saturated heterocycles. The van der Waals surface area contributed by atoms with E-state index < -0.39 is 0 Å². The van der Waals surface area contributed by atoms with Crippen LogP contribution in [0.4, 0.5) is 0 Å². The first-order chi connectivity index (χ1) is 9.47. The minimum Gasteiger partial charge on any atom is -0.393 e. The van der Waals surface area contributed by atoms with E-state index >= 15 is 0 Å². The highest BCUT2D eigenvalue weighted by molar-refractivity contribution is 6.30. The van der Waals surface area contributed by atoms with Gasteiger partial charge in [-0.3, -0.25) is 4.79 Å². The maximum Gasteiger partial charge on any atom is 0.223 e. The molecule has 2 rings (SSSR count). The van der Waals surface area contributed by atoms with Gasteiger partial charge in [-0.2, -0.15) is 0 Å². The summed E-state index contributed by atoms with van der Waals surface area (Å²) in [4.78, 5) is 12.1. The Morgan fingerprint density at radius 2 is 2.25 bits per heavy atom. The quantitative estimate of drug-likeness (QED) is 0.848. The molecule has 0 heterocycles. The molecule has 2 N–H and O–H groups in total. The van der Waals surface area contributed by atoms with E-state index in [1.54, 1.807) is 6.92 Å². The van der Waals surface area contributed by atoms with Crippen LogP contribution in [0.2, 0.25) is 5.02 Å². The molecule has 0 aromatic heterocycles. The fourth-order valence-electron chi connectivity index (χ4n) is 2.66. The van der Waals surface area contributed by atoms with Crippen LogP contribution in [0.5, 0.6) is 0 Å². The summed E-state index contributed by atoms with van der Waals surface area (Å²) in [6.45, 7) is 4.44. The molecule has 1 amide bonds. The lowest BCUT2D eigenvalue weighted by Crippen LogP contribution is -2.30. The average molecular weight is 296 g/mol. The minimum atomic E-state index is -0.318. The van der Waals surface area contributed by atoms with Gasteiger partial charge in [-0.1, -0.05) is 30.7 Å². The molecule has 4 heteroatoms. The number of aliphatic hydroxyl groups excluding tert-OH is 1. The highest BCUT2D eigenvalue weighted by atomic mass is 35.5. The molecule has 0 bridgehead atoms. The van der Waals surface area contributed by atoms with Crippen LogP contribution in [0.3, 0.4) is 0 Å². The van der Waals surface area contributed by atoms with Crippen molar-refractivity contribution in [3.05, 3.63) is 34.9 Å². The summed E-state index contributed by atoms with van der Waals surface area (Å²) < 4.78 is 0. The third-order valence-corrected chi connectivity index (χ3v) is 4.01. The zero-order chi connectivity index (χ0) is 14.7. The van der Waals surface area contributed by atoms with Gasteiger partial charge >= 0.3 is 0 Å². The number of rotatable bonds is 6. The minimum absolute atomic E-state index is 0.0761. The topological polar surface area (TPSA) is 49.3 Å². The van der Waals surface area contributed by atoms with Gasteiger partial charge < -0.3 is 10.4 Å². The first-order valence-electron chi connectivity index (χ1n) is 7.18. The van der Waals surface area contributed by atoms with E-state index in [1.807, 2.05) is 31.2 Å². The van der Waals surface area contributed by atoms with E-state index in [2.05, 4.69) is 5.32 Å². The number of nitrogens with one attached hydrogen (secondary N) is 1. The van der Waals surface area contributed by atoms with E-state index in [0.717, 1.165) is 17.0 Å². The van der Waals surface area contributed by atoms with Crippen molar-refractivity contribution in [2.24, 2.45) is 11.8 Å². The molecule has 1 aliphatic rings. The molecule has 4 atom stereocenters. The third-order valence-electron chi connectivity index (χ3n) is 3.77. The van der Waals surface area contributed by atoms with Crippen molar-refractivity contribution < 1.29 is 9.90 Å². The van der Waals surface area contributed by atoms with Gasteiger partial charge in [-0.05, 0) is 49.3 Å². The van der Waals surface area contributed by atoms with E-state index in [4.69, 9.17) is 11.6 Å². The third kappa shape index (κ3) is 4.22. The molecule has 1 fully saturated rings. The fourth-order valence-corrected chi connectivity index (χ4v) is 2.86. The monoisotopic (exact) mass is 295 g/mol. The largest absolute Gasteiger partial charge is 0.393 e. The molecule has 20 heavy (non-hydrogen) atoms. The molecule has 0 spiro atoms. The summed E-state index contributed by atoms with van der Waals surface area (Å²) in [5.41, 5.74) is 1.15. The second-order valence-electron chi connectivity index (χ2n) is 5.94. The lowest BCUT2D eigenvalue weighted by Gasteiger charge is -2.14. The maximum atomic E-state index is 12.1. The van der Waals surface area contributed by atoms with Gasteiger partial charge in [0.2, 0.25) is 5.91 Å². The van der Waals surface area contributed by atoms with Crippen molar-refractivity contribution in [2.75, 3.05) is 6.54 Å². The van der Waals surface area contributed by atoms with Gasteiger partial charge in [0.15, 0.2) is 0 Å². The Bertz CT molecular complexity index is 475. The van der Waals surface area contributed by atoms with Crippen molar-refractivity contribution >= 4 is 17.5 Å². The highest BCUT2D eigenvalue weighted by Gasteiger charge is 2.43. The lowest BCUT2D eigenvalue weighted by atomic mass is 10.0. The summed E-state index contributed by atoms with van der Waals surface area (Å²) in [6, 6.07) is 7.74. The first-order valence-corrected chi connectivity index (χ1v) is 7.56. The Kier molecular flexibility index (Phi) is 5.06. The van der Waals surface area contributed by atoms with Gasteiger partial charge in [-0.15, -0.1) is 0 Å². The molecule has 4 unspecified atom stereocenters. The van der Waals surface area contributed by atoms with Crippen molar-refractivity contribution in [1.29, 1.82) is 0 Å². The number of carbonyl (C=O) groups is 1. The summed E-state index contributed by atoms with van der Waals surface area (Å²) in [5.74, 6) is 0.794. The maximum absolute atomic E-state index is 12.1. The second kappa shape index (κ2) is 6.59. The molecule has 110 valence electrons. The average Bonchev–Trinajstić information content (AvgIpc) is 3.15. The Balaban J connectivity index is 1.78. The van der Waals surface area contributed by atoms with Crippen LogP contribution in [0.15, 0.2) is 24.3 Å². The first kappa shape index (κ1) is 15.3. The zero-order valence-electron chi connectivity index (χ0n) is 12.0. The van der Waals surface area contributed by atoms with Crippen LogP contribution in [0.25, 0.3) is 0 Å². The predicted molar refractivity (Wildman–Crippen MR) is 80.8 cm³/mol. The SMILES string of the molecule is CC(O)CC(C)CNC(=O)C1CC1c1cccc(Cl)c1. The van der Waals surface area contributed by atoms with Crippen LogP contribution < -0.4 is 5.32 Å². The Morgan fingerprint density at radius 3 is 2.90 bits per heavy atom. The van der Waals surface area contributed by atoms with Crippen LogP contribution in [0, 0.1) is 11.8 Å². The number of hydrogen-bond donors (Lipinski definition) is 2. The highest BCUT2D eigenvalue weighted by Crippen LogP contribution is 2.47. The number of halogens is 1. The predicted octanol–water partition coefficient (Wildman–Crippen LogP) is 2.97. The summed E-state index contributed by atoms with van der Waals surface area (Å²) in [7, 11) is 0. The Hall–Kier alpha value is -1.06. The molecule has 0 radical (unpaired) electrons. The van der Waals surface area contributed by atoms with Gasteiger partial charge in [-0.25, -0.2) is 0 Å². The summed E-state index contributed by atoms with van der Waals surface area (Å²) in [6.07, 6.45) is 1.29. The lowest BCUT2D eigenvalue weighted by molar-refractivity contribution is -0.122. The molecule has 0 aliphatic heterocycles. The molecule has 1 aromatic rings. The van der Waals surface area contributed by atoms with E-state index in [0.29, 0.717) is 24.8 Å². The second-order valence-corrected chi connectivity index (χ2v) is 6.38. The number of hydrogen-bond acceptors (Lipinski definition) is 2. The van der Waals surface area contributed by atoms with E-state index in [-0.39, 0.29) is 17.9 Å². The Morgan fingerprint density at radius 1 is 1.50 bits per heavy atom. The van der Waals surface area contributed by atoms with Gasteiger partial charge in [0.1, 0.15) is 0 Å². The number of carbonyl (C=O) groups excluding carboxylic acids is 1. The molecular weight excluding hydrogens is 274 g/mol. The van der Waals surface area contributed by atoms with Crippen LogP contribution in [-0.2, 0) is 4.79 Å². The fraction of sp³-hybridized carbons (Fsp3) is 0.562. The number of benzene rings is 1. The number of amides is 1. The van der Waals surface area contributed by atoms with Crippen molar-refractivity contribution in [3.63, 3.8) is 0 Å². The smallest absolute Gasteiger partial charge is 0.223 e. The van der Waals surface area contributed by atoms with Crippen molar-refractivity contribution in [3.8, 4) is 0 Å². The van der Waals surface area contributed by atoms with E-state index in [9.17, 15) is 9.90 Å². The molecule has 3 nitrogen and oxygen atoms in total. The van der Waals surface area contributed by atoms with Gasteiger partial charge in [0.05, 0.1) is 6.10 Å². The molecular formula is C16H22ClNO2. The zero-order valence-corrected chi connectivity index (χ0v) is 12.7. The normalized spacial score (nSPS) is 24.0. The van der Waals surface area contributed by atoms with Crippen LogP contribution in [0.1, 0.15) is 38.2 Å². The summed E-state index contributed by atoms with van der Waals surface area (Å²) >= 11 is 5.97. The standard InChI is InChI=1S/C16H22ClNO2/c1-10(6-11(2)19)9-18-16(20)15-8-14(15)12-4-3-5-13(17)7-12/h3-5,7,10-11,14-15,19H,6,8-9H2,1-2H3,(H,18,20). The molecule has 1 aliphatic carbocycles. The van der Waals surface area contributed by atoms with E-state index in [1.165, 1.54) is 0 Å². The van der Waals surface area contributed by atoms with Crippen LogP contribution >= 0.6 is 11.6 Å². The van der Waals surface area contributed by atoms with Crippen molar-refractivity contribution in [2.45, 2.75) is 38.7 Å². The Labute approximate surface area is 125 Å². The van der Waals surface area contributed by atoms with Crippen molar-refractivity contribution in [1.82, 2.24) is 5.32 Å². The molecule has 1 saturated carbocycles.